The lowest BCUT2D eigenvalue weighted by Crippen LogP contribution is -1.89. The molecule has 0 saturated heterocycles. The molecule has 0 aliphatic heterocycles. The molecular formula is C15H13ClN4. The van der Waals surface area contributed by atoms with Crippen LogP contribution in [0, 0.1) is 6.92 Å². The number of anilines is 1. The molecule has 0 spiro atoms. The standard InChI is InChI=1S/C15H13ClN4/c1-9-7-11(5-6-18-9)14-13(15(17)20-19-14)10-3-2-4-12(16)8-10/h2-8H,1H3,(H3,17,19,20). The van der Waals surface area contributed by atoms with E-state index in [1.807, 2.05) is 43.3 Å². The largest absolute Gasteiger partial charge is 0.382 e. The third-order valence-electron chi connectivity index (χ3n) is 3.09. The van der Waals surface area contributed by atoms with E-state index in [4.69, 9.17) is 17.3 Å². The maximum absolute atomic E-state index is 6.06. The second-order valence-corrected chi connectivity index (χ2v) is 4.99. The van der Waals surface area contributed by atoms with Gasteiger partial charge in [-0.15, -0.1) is 0 Å². The molecule has 2 aromatic heterocycles. The Morgan fingerprint density at radius 3 is 2.75 bits per heavy atom. The van der Waals surface area contributed by atoms with Crippen LogP contribution in [-0.4, -0.2) is 15.2 Å². The molecule has 5 heteroatoms. The van der Waals surface area contributed by atoms with Gasteiger partial charge in [-0.2, -0.15) is 5.10 Å². The van der Waals surface area contributed by atoms with Gasteiger partial charge in [-0.1, -0.05) is 23.7 Å². The minimum absolute atomic E-state index is 0.455. The average Bonchev–Trinajstić information content (AvgIpc) is 2.80. The Kier molecular flexibility index (Phi) is 3.16. The van der Waals surface area contributed by atoms with Gasteiger partial charge in [0, 0.05) is 22.5 Å². The number of hydrogen-bond donors (Lipinski definition) is 2. The van der Waals surface area contributed by atoms with E-state index < -0.39 is 0 Å². The highest BCUT2D eigenvalue weighted by atomic mass is 35.5. The van der Waals surface area contributed by atoms with E-state index in [1.54, 1.807) is 6.20 Å². The fourth-order valence-electron chi connectivity index (χ4n) is 2.20. The lowest BCUT2D eigenvalue weighted by atomic mass is 10.0. The summed E-state index contributed by atoms with van der Waals surface area (Å²) in [4.78, 5) is 4.20. The molecule has 0 fully saturated rings. The normalized spacial score (nSPS) is 10.7. The first-order chi connectivity index (χ1) is 9.65. The van der Waals surface area contributed by atoms with Crippen molar-refractivity contribution in [3.63, 3.8) is 0 Å². The number of aromatic amines is 1. The summed E-state index contributed by atoms with van der Waals surface area (Å²) in [6.45, 7) is 1.95. The molecular weight excluding hydrogens is 272 g/mol. The van der Waals surface area contributed by atoms with Crippen LogP contribution in [0.4, 0.5) is 5.82 Å². The van der Waals surface area contributed by atoms with Crippen molar-refractivity contribution >= 4 is 17.4 Å². The molecule has 20 heavy (non-hydrogen) atoms. The van der Waals surface area contributed by atoms with Crippen LogP contribution < -0.4 is 5.73 Å². The molecule has 3 N–H and O–H groups in total. The summed E-state index contributed by atoms with van der Waals surface area (Å²) in [5.74, 6) is 0.455. The zero-order valence-corrected chi connectivity index (χ0v) is 11.6. The molecule has 2 heterocycles. The van der Waals surface area contributed by atoms with Crippen LogP contribution in [0.2, 0.25) is 5.02 Å². The second kappa shape index (κ2) is 4.98. The fourth-order valence-corrected chi connectivity index (χ4v) is 2.39. The van der Waals surface area contributed by atoms with E-state index >= 15 is 0 Å². The highest BCUT2D eigenvalue weighted by Crippen LogP contribution is 2.35. The maximum Gasteiger partial charge on any atom is 0.153 e. The zero-order valence-electron chi connectivity index (χ0n) is 10.9. The molecule has 100 valence electrons. The van der Waals surface area contributed by atoms with Crippen LogP contribution in [0.3, 0.4) is 0 Å². The molecule has 0 unspecified atom stereocenters. The minimum Gasteiger partial charge on any atom is -0.382 e. The number of rotatable bonds is 2. The molecule has 0 saturated carbocycles. The van der Waals surface area contributed by atoms with E-state index in [9.17, 15) is 0 Å². The van der Waals surface area contributed by atoms with Crippen molar-refractivity contribution < 1.29 is 0 Å². The molecule has 0 radical (unpaired) electrons. The molecule has 3 aromatic rings. The van der Waals surface area contributed by atoms with Gasteiger partial charge in [0.2, 0.25) is 0 Å². The van der Waals surface area contributed by atoms with E-state index in [0.717, 1.165) is 28.1 Å². The molecule has 0 bridgehead atoms. The van der Waals surface area contributed by atoms with Crippen molar-refractivity contribution in [3.8, 4) is 22.4 Å². The molecule has 3 rings (SSSR count). The van der Waals surface area contributed by atoms with Crippen LogP contribution >= 0.6 is 11.6 Å². The number of aryl methyl sites for hydroxylation is 1. The number of aromatic nitrogens is 3. The van der Waals surface area contributed by atoms with Gasteiger partial charge >= 0.3 is 0 Å². The van der Waals surface area contributed by atoms with Gasteiger partial charge in [0.25, 0.3) is 0 Å². The fraction of sp³-hybridized carbons (Fsp3) is 0.0667. The predicted octanol–water partition coefficient (Wildman–Crippen LogP) is 3.68. The predicted molar refractivity (Wildman–Crippen MR) is 81.4 cm³/mol. The highest BCUT2D eigenvalue weighted by molar-refractivity contribution is 6.30. The number of benzene rings is 1. The Morgan fingerprint density at radius 1 is 1.15 bits per heavy atom. The number of halogens is 1. The molecule has 0 aliphatic rings. The van der Waals surface area contributed by atoms with Crippen LogP contribution in [0.1, 0.15) is 5.69 Å². The Balaban J connectivity index is 2.20. The van der Waals surface area contributed by atoms with Crippen molar-refractivity contribution in [2.75, 3.05) is 5.73 Å². The number of pyridine rings is 1. The van der Waals surface area contributed by atoms with Crippen LogP contribution in [0.15, 0.2) is 42.6 Å². The SMILES string of the molecule is Cc1cc(-c2[nH]nc(N)c2-c2cccc(Cl)c2)ccn1. The lowest BCUT2D eigenvalue weighted by Gasteiger charge is -2.06. The van der Waals surface area contributed by atoms with Crippen molar-refractivity contribution in [2.45, 2.75) is 6.92 Å². The molecule has 4 nitrogen and oxygen atoms in total. The first kappa shape index (κ1) is 12.7. The van der Waals surface area contributed by atoms with Crippen molar-refractivity contribution in [3.05, 3.63) is 53.3 Å². The van der Waals surface area contributed by atoms with Gasteiger partial charge in [-0.25, -0.2) is 0 Å². The summed E-state index contributed by atoms with van der Waals surface area (Å²) in [6.07, 6.45) is 1.77. The van der Waals surface area contributed by atoms with Gasteiger partial charge in [-0.05, 0) is 36.8 Å². The number of hydrogen-bond acceptors (Lipinski definition) is 3. The summed E-state index contributed by atoms with van der Waals surface area (Å²) in [7, 11) is 0. The topological polar surface area (TPSA) is 67.6 Å². The van der Waals surface area contributed by atoms with E-state index in [1.165, 1.54) is 0 Å². The van der Waals surface area contributed by atoms with Gasteiger partial charge in [0.05, 0.1) is 11.3 Å². The van der Waals surface area contributed by atoms with Crippen LogP contribution in [-0.2, 0) is 0 Å². The zero-order chi connectivity index (χ0) is 14.1. The number of nitrogens with zero attached hydrogens (tertiary/aromatic N) is 2. The summed E-state index contributed by atoms with van der Waals surface area (Å²) in [5.41, 5.74) is 10.6. The average molecular weight is 285 g/mol. The number of nitrogens with one attached hydrogen (secondary N) is 1. The lowest BCUT2D eigenvalue weighted by molar-refractivity contribution is 1.10. The molecule has 0 atom stereocenters. The second-order valence-electron chi connectivity index (χ2n) is 4.56. The third-order valence-corrected chi connectivity index (χ3v) is 3.33. The van der Waals surface area contributed by atoms with Gasteiger partial charge in [0.15, 0.2) is 5.82 Å². The Hall–Kier alpha value is -2.33. The Labute approximate surface area is 121 Å². The van der Waals surface area contributed by atoms with Crippen LogP contribution in [0.5, 0.6) is 0 Å². The summed E-state index contributed by atoms with van der Waals surface area (Å²) >= 11 is 6.06. The molecule has 0 aliphatic carbocycles. The molecule has 1 aromatic carbocycles. The summed E-state index contributed by atoms with van der Waals surface area (Å²) in [5, 5.41) is 7.77. The van der Waals surface area contributed by atoms with Gasteiger partial charge in [-0.3, -0.25) is 10.1 Å². The van der Waals surface area contributed by atoms with Crippen molar-refractivity contribution in [1.29, 1.82) is 0 Å². The number of H-pyrrole nitrogens is 1. The first-order valence-electron chi connectivity index (χ1n) is 6.18. The highest BCUT2D eigenvalue weighted by Gasteiger charge is 2.15. The number of nitrogens with two attached hydrogens (primary N) is 1. The summed E-state index contributed by atoms with van der Waals surface area (Å²) in [6, 6.07) is 11.5. The minimum atomic E-state index is 0.455. The van der Waals surface area contributed by atoms with E-state index in [-0.39, 0.29) is 0 Å². The van der Waals surface area contributed by atoms with E-state index in [2.05, 4.69) is 15.2 Å². The monoisotopic (exact) mass is 284 g/mol. The smallest absolute Gasteiger partial charge is 0.153 e. The quantitative estimate of drug-likeness (QED) is 0.754. The molecule has 0 amide bonds. The van der Waals surface area contributed by atoms with Gasteiger partial charge < -0.3 is 5.73 Å². The third kappa shape index (κ3) is 2.26. The Bertz CT molecular complexity index is 764. The maximum atomic E-state index is 6.06. The van der Waals surface area contributed by atoms with Crippen molar-refractivity contribution in [1.82, 2.24) is 15.2 Å². The van der Waals surface area contributed by atoms with Crippen LogP contribution in [0.25, 0.3) is 22.4 Å². The summed E-state index contributed by atoms with van der Waals surface area (Å²) < 4.78 is 0. The number of nitrogen functional groups attached to an aromatic ring is 1. The Morgan fingerprint density at radius 2 is 2.00 bits per heavy atom. The first-order valence-corrected chi connectivity index (χ1v) is 6.56. The van der Waals surface area contributed by atoms with Crippen molar-refractivity contribution in [2.24, 2.45) is 0 Å². The van der Waals surface area contributed by atoms with E-state index in [0.29, 0.717) is 10.8 Å². The van der Waals surface area contributed by atoms with Gasteiger partial charge in [0.1, 0.15) is 0 Å².